The molecule has 2 aromatic heterocycles. The lowest BCUT2D eigenvalue weighted by Gasteiger charge is -2.22. The third-order valence-electron chi connectivity index (χ3n) is 4.74. The first-order chi connectivity index (χ1) is 16.7. The van der Waals surface area contributed by atoms with Crippen LogP contribution in [0.2, 0.25) is 0 Å². The van der Waals surface area contributed by atoms with Crippen molar-refractivity contribution in [2.24, 2.45) is 0 Å². The van der Waals surface area contributed by atoms with Crippen molar-refractivity contribution in [2.75, 3.05) is 24.5 Å². The number of fused-ring (bicyclic) bond motifs is 2. The monoisotopic (exact) mass is 503 g/mol. The van der Waals surface area contributed by atoms with Gasteiger partial charge in [-0.05, 0) is 39.8 Å². The summed E-state index contributed by atoms with van der Waals surface area (Å²) in [5.41, 5.74) is 1.10. The maximum atomic E-state index is 12.8. The van der Waals surface area contributed by atoms with Gasteiger partial charge in [0.05, 0.1) is 29.9 Å². The fourth-order valence-corrected chi connectivity index (χ4v) is 5.35. The summed E-state index contributed by atoms with van der Waals surface area (Å²) >= 11 is 0. The van der Waals surface area contributed by atoms with Crippen molar-refractivity contribution in [3.8, 4) is 0 Å². The van der Waals surface area contributed by atoms with Gasteiger partial charge in [-0.25, -0.2) is 19.9 Å². The number of imidazole rings is 1. The molecular formula is C22H26N5O7P. The Bertz CT molecular complexity index is 1240. The molecule has 12 nitrogen and oxygen atoms in total. The normalized spacial score (nSPS) is 13.9. The molecular weight excluding hydrogens is 477 g/mol. The van der Waals surface area contributed by atoms with E-state index >= 15 is 0 Å². The van der Waals surface area contributed by atoms with Gasteiger partial charge in [0.25, 0.3) is 11.8 Å². The molecule has 0 saturated heterocycles. The lowest BCUT2D eigenvalue weighted by Crippen LogP contribution is -2.30. The van der Waals surface area contributed by atoms with Gasteiger partial charge in [0.2, 0.25) is 5.65 Å². The van der Waals surface area contributed by atoms with Crippen LogP contribution in [0.1, 0.15) is 48.4 Å². The van der Waals surface area contributed by atoms with E-state index in [1.807, 2.05) is 0 Å². The zero-order valence-electron chi connectivity index (χ0n) is 19.8. The van der Waals surface area contributed by atoms with Crippen LogP contribution in [-0.2, 0) is 18.3 Å². The molecule has 1 aliphatic heterocycles. The van der Waals surface area contributed by atoms with Crippen LogP contribution in [0.15, 0.2) is 36.9 Å². The quantitative estimate of drug-likeness (QED) is 0.218. The minimum absolute atomic E-state index is 0.0670. The fraction of sp³-hybridized carbons (Fsp3) is 0.409. The number of carbonyl (C=O) groups excluding carboxylic acids is 2. The predicted molar refractivity (Wildman–Crippen MR) is 125 cm³/mol. The van der Waals surface area contributed by atoms with Gasteiger partial charge in [-0.1, -0.05) is 12.1 Å². The Labute approximate surface area is 201 Å². The standard InChI is InChI=1S/C22H26N5O7P/c1-14(2)33-35(30,34-15(3)4)13-31-9-10-32-26-12-25-18-19(26)23-11-24-20(18)27-21(28)16-7-5-6-8-17(16)22(27)29/h5-8,11-12,14-15H,9-10,13H2,1-4H3. The number of aromatic nitrogens is 4. The zero-order valence-corrected chi connectivity index (χ0v) is 20.7. The Kier molecular flexibility index (Phi) is 7.27. The van der Waals surface area contributed by atoms with Crippen LogP contribution in [0.5, 0.6) is 0 Å². The number of nitrogens with zero attached hydrogens (tertiary/aromatic N) is 5. The van der Waals surface area contributed by atoms with Crippen LogP contribution >= 0.6 is 7.60 Å². The van der Waals surface area contributed by atoms with Crippen LogP contribution in [0, 0.1) is 0 Å². The highest BCUT2D eigenvalue weighted by molar-refractivity contribution is 7.53. The van der Waals surface area contributed by atoms with Crippen molar-refractivity contribution in [1.29, 1.82) is 0 Å². The van der Waals surface area contributed by atoms with Gasteiger partial charge >= 0.3 is 7.60 Å². The van der Waals surface area contributed by atoms with Crippen molar-refractivity contribution in [1.82, 2.24) is 19.7 Å². The molecule has 0 atom stereocenters. The number of amides is 2. The summed E-state index contributed by atoms with van der Waals surface area (Å²) in [6.45, 7) is 7.22. The smallest absolute Gasteiger partial charge is 0.356 e. The van der Waals surface area contributed by atoms with Crippen LogP contribution < -0.4 is 9.74 Å². The van der Waals surface area contributed by atoms with E-state index in [1.54, 1.807) is 52.0 Å². The van der Waals surface area contributed by atoms with Gasteiger partial charge in [-0.3, -0.25) is 14.2 Å². The second kappa shape index (κ2) is 10.2. The molecule has 0 unspecified atom stereocenters. The second-order valence-electron chi connectivity index (χ2n) is 8.22. The van der Waals surface area contributed by atoms with Crippen LogP contribution in [0.4, 0.5) is 5.82 Å². The molecule has 13 heteroatoms. The van der Waals surface area contributed by atoms with E-state index in [4.69, 9.17) is 18.6 Å². The Balaban J connectivity index is 1.42. The number of imide groups is 1. The summed E-state index contributed by atoms with van der Waals surface area (Å²) in [5.74, 6) is -0.894. The Hall–Kier alpha value is -3.18. The van der Waals surface area contributed by atoms with Crippen molar-refractivity contribution in [2.45, 2.75) is 39.9 Å². The molecule has 4 rings (SSSR count). The number of ether oxygens (including phenoxy) is 1. The molecule has 0 bridgehead atoms. The number of hydrogen-bond donors (Lipinski definition) is 0. The molecule has 0 saturated carbocycles. The number of carbonyl (C=O) groups is 2. The Morgan fingerprint density at radius 1 is 0.914 bits per heavy atom. The fourth-order valence-electron chi connectivity index (χ4n) is 3.54. The van der Waals surface area contributed by atoms with Crippen LogP contribution in [-0.4, -0.2) is 63.3 Å². The maximum absolute atomic E-state index is 12.8. The SMILES string of the molecule is CC(C)OP(=O)(COCCOn1cnc2c(N3C(=O)c4ccccc4C3=O)ncnc21)OC(C)C. The van der Waals surface area contributed by atoms with Gasteiger partial charge in [0.1, 0.15) is 25.6 Å². The third kappa shape index (κ3) is 5.25. The minimum Gasteiger partial charge on any atom is -0.408 e. The summed E-state index contributed by atoms with van der Waals surface area (Å²) in [4.78, 5) is 44.8. The molecule has 2 amide bonds. The molecule has 35 heavy (non-hydrogen) atoms. The molecule has 1 aliphatic rings. The predicted octanol–water partition coefficient (Wildman–Crippen LogP) is 3.07. The average Bonchev–Trinajstić information content (AvgIpc) is 3.31. The number of rotatable bonds is 11. The highest BCUT2D eigenvalue weighted by atomic mass is 31.2. The maximum Gasteiger partial charge on any atom is 0.356 e. The molecule has 3 aromatic rings. The summed E-state index contributed by atoms with van der Waals surface area (Å²) in [7, 11) is -3.41. The first-order valence-corrected chi connectivity index (χ1v) is 12.8. The molecule has 1 aromatic carbocycles. The van der Waals surface area contributed by atoms with Gasteiger partial charge in [-0.15, -0.1) is 0 Å². The molecule has 186 valence electrons. The Morgan fingerprint density at radius 3 is 2.14 bits per heavy atom. The number of benzene rings is 1. The Morgan fingerprint density at radius 2 is 1.54 bits per heavy atom. The largest absolute Gasteiger partial charge is 0.408 e. The third-order valence-corrected chi connectivity index (χ3v) is 6.72. The molecule has 0 radical (unpaired) electrons. The molecule has 0 aliphatic carbocycles. The van der Waals surface area contributed by atoms with E-state index < -0.39 is 19.4 Å². The average molecular weight is 503 g/mol. The first-order valence-electron chi connectivity index (χ1n) is 11.0. The van der Waals surface area contributed by atoms with Gasteiger partial charge in [-0.2, -0.15) is 4.73 Å². The summed E-state index contributed by atoms with van der Waals surface area (Å²) in [6.07, 6.45) is 1.79. The lowest BCUT2D eigenvalue weighted by molar-refractivity contribution is 0.0438. The molecule has 0 N–H and O–H groups in total. The minimum atomic E-state index is -3.41. The highest BCUT2D eigenvalue weighted by Crippen LogP contribution is 2.50. The van der Waals surface area contributed by atoms with E-state index in [9.17, 15) is 14.2 Å². The second-order valence-corrected chi connectivity index (χ2v) is 10.1. The highest BCUT2D eigenvalue weighted by Gasteiger charge is 2.38. The van der Waals surface area contributed by atoms with Gasteiger partial charge < -0.3 is 18.6 Å². The van der Waals surface area contributed by atoms with E-state index in [0.717, 1.165) is 4.90 Å². The van der Waals surface area contributed by atoms with Gasteiger partial charge in [0.15, 0.2) is 11.3 Å². The first kappa shape index (κ1) is 24.9. The van der Waals surface area contributed by atoms with Crippen LogP contribution in [0.3, 0.4) is 0 Å². The van der Waals surface area contributed by atoms with Crippen molar-refractivity contribution < 1.29 is 32.8 Å². The summed E-state index contributed by atoms with van der Waals surface area (Å²) in [6, 6.07) is 6.56. The van der Waals surface area contributed by atoms with E-state index in [-0.39, 0.29) is 48.8 Å². The molecule has 3 heterocycles. The molecule has 0 spiro atoms. The van der Waals surface area contributed by atoms with E-state index in [1.165, 1.54) is 17.4 Å². The number of hydrogen-bond acceptors (Lipinski definition) is 10. The van der Waals surface area contributed by atoms with Crippen molar-refractivity contribution in [3.05, 3.63) is 48.0 Å². The van der Waals surface area contributed by atoms with Crippen LogP contribution in [0.25, 0.3) is 11.2 Å². The van der Waals surface area contributed by atoms with Crippen molar-refractivity contribution in [3.63, 3.8) is 0 Å². The van der Waals surface area contributed by atoms with Gasteiger partial charge in [0, 0.05) is 0 Å². The summed E-state index contributed by atoms with van der Waals surface area (Å²) < 4.78 is 30.4. The van der Waals surface area contributed by atoms with Crippen molar-refractivity contribution >= 4 is 36.4 Å². The van der Waals surface area contributed by atoms with E-state index in [0.29, 0.717) is 11.1 Å². The zero-order chi connectivity index (χ0) is 25.2. The topological polar surface area (TPSA) is 135 Å². The number of anilines is 1. The van der Waals surface area contributed by atoms with E-state index in [2.05, 4.69) is 15.0 Å². The molecule has 0 fully saturated rings. The summed E-state index contributed by atoms with van der Waals surface area (Å²) in [5, 5.41) is 0. The lowest BCUT2D eigenvalue weighted by atomic mass is 10.1.